The Balaban J connectivity index is 1.40. The third kappa shape index (κ3) is 3.07. The molecule has 2 fully saturated rings. The molecule has 2 aliphatic rings. The second-order valence-electron chi connectivity index (χ2n) is 6.89. The van der Waals surface area contributed by atoms with Crippen LogP contribution >= 0.6 is 11.8 Å². The lowest BCUT2D eigenvalue weighted by atomic mass is 10.1. The number of aromatic amines is 1. The number of hydrogen-bond donors (Lipinski definition) is 1. The molecule has 0 bridgehead atoms. The van der Waals surface area contributed by atoms with Crippen LogP contribution in [-0.4, -0.2) is 64.4 Å². The van der Waals surface area contributed by atoms with Gasteiger partial charge < -0.3 is 9.88 Å². The number of H-pyrrole nitrogens is 1. The number of nitrogens with one attached hydrogen (secondary N) is 1. The predicted octanol–water partition coefficient (Wildman–Crippen LogP) is 2.67. The van der Waals surface area contributed by atoms with Gasteiger partial charge in [-0.05, 0) is 30.7 Å². The smallest absolute Gasteiger partial charge is 0.227 e. The highest BCUT2D eigenvalue weighted by Crippen LogP contribution is 2.25. The van der Waals surface area contributed by atoms with Gasteiger partial charge >= 0.3 is 0 Å². The molecule has 2 aromatic rings. The van der Waals surface area contributed by atoms with Crippen molar-refractivity contribution in [1.82, 2.24) is 14.8 Å². The number of aromatic nitrogens is 1. The third-order valence-corrected chi connectivity index (χ3v) is 6.59. The molecule has 0 aliphatic carbocycles. The van der Waals surface area contributed by atoms with Gasteiger partial charge in [0.2, 0.25) is 5.91 Å². The summed E-state index contributed by atoms with van der Waals surface area (Å²) in [5, 5.41) is 1.19. The van der Waals surface area contributed by atoms with Crippen LogP contribution in [0.25, 0.3) is 10.9 Å². The largest absolute Gasteiger partial charge is 0.358 e. The zero-order valence-electron chi connectivity index (χ0n) is 14.3. The highest BCUT2D eigenvalue weighted by Gasteiger charge is 2.28. The Morgan fingerprint density at radius 3 is 2.79 bits per heavy atom. The summed E-state index contributed by atoms with van der Waals surface area (Å²) in [6, 6.07) is 9.00. The molecule has 1 aromatic carbocycles. The van der Waals surface area contributed by atoms with E-state index in [9.17, 15) is 4.79 Å². The van der Waals surface area contributed by atoms with Crippen molar-refractivity contribution in [2.24, 2.45) is 0 Å². The quantitative estimate of drug-likeness (QED) is 0.931. The highest BCUT2D eigenvalue weighted by atomic mass is 32.2. The summed E-state index contributed by atoms with van der Waals surface area (Å²) >= 11 is 2.06. The summed E-state index contributed by atoms with van der Waals surface area (Å²) in [5.41, 5.74) is 3.40. The fourth-order valence-electron chi connectivity index (χ4n) is 3.97. The van der Waals surface area contributed by atoms with Gasteiger partial charge in [-0.1, -0.05) is 18.2 Å². The lowest BCUT2D eigenvalue weighted by Crippen LogP contribution is -2.52. The van der Waals surface area contributed by atoms with Crippen LogP contribution in [-0.2, 0) is 11.2 Å². The molecule has 0 spiro atoms. The number of hydrogen-bond acceptors (Lipinski definition) is 3. The fourth-order valence-corrected chi connectivity index (χ4v) is 5.23. The SMILES string of the molecule is Cc1[nH]c2ccccc2c1CC(=O)N1CCN([C@H]2CCSC2)CC1. The van der Waals surface area contributed by atoms with E-state index in [-0.39, 0.29) is 5.91 Å². The van der Waals surface area contributed by atoms with Crippen LogP contribution in [0.3, 0.4) is 0 Å². The van der Waals surface area contributed by atoms with Crippen LogP contribution < -0.4 is 0 Å². The summed E-state index contributed by atoms with van der Waals surface area (Å²) < 4.78 is 0. The molecular weight excluding hydrogens is 318 g/mol. The molecule has 128 valence electrons. The normalized spacial score (nSPS) is 22.4. The minimum Gasteiger partial charge on any atom is -0.358 e. The molecule has 0 saturated carbocycles. The first-order valence-corrected chi connectivity index (χ1v) is 10.0. The van der Waals surface area contributed by atoms with E-state index in [4.69, 9.17) is 0 Å². The summed E-state index contributed by atoms with van der Waals surface area (Å²) in [7, 11) is 0. The standard InChI is InChI=1S/C19H25N3OS/c1-14-17(16-4-2-3-5-18(16)20-14)12-19(23)22-9-7-21(8-10-22)15-6-11-24-13-15/h2-5,15,20H,6-13H2,1H3/t15-/m0/s1. The molecule has 5 heteroatoms. The van der Waals surface area contributed by atoms with Crippen LogP contribution in [0.1, 0.15) is 17.7 Å². The molecule has 4 nitrogen and oxygen atoms in total. The van der Waals surface area contributed by atoms with Crippen molar-refractivity contribution >= 4 is 28.6 Å². The number of rotatable bonds is 3. The third-order valence-electron chi connectivity index (χ3n) is 5.44. The maximum absolute atomic E-state index is 12.8. The lowest BCUT2D eigenvalue weighted by Gasteiger charge is -2.37. The molecule has 2 aliphatic heterocycles. The first kappa shape index (κ1) is 16.0. The number of carbonyl (C=O) groups excluding carboxylic acids is 1. The van der Waals surface area contributed by atoms with Crippen molar-refractivity contribution in [2.75, 3.05) is 37.7 Å². The van der Waals surface area contributed by atoms with Crippen molar-refractivity contribution in [3.63, 3.8) is 0 Å². The number of aryl methyl sites for hydroxylation is 1. The average molecular weight is 343 g/mol. The van der Waals surface area contributed by atoms with Gasteiger partial charge in [0.05, 0.1) is 6.42 Å². The molecule has 2 saturated heterocycles. The maximum Gasteiger partial charge on any atom is 0.227 e. The molecule has 3 heterocycles. The summed E-state index contributed by atoms with van der Waals surface area (Å²) in [6.07, 6.45) is 1.82. The number of carbonyl (C=O) groups is 1. The van der Waals surface area contributed by atoms with E-state index in [1.807, 2.05) is 12.1 Å². The Morgan fingerprint density at radius 1 is 1.25 bits per heavy atom. The maximum atomic E-state index is 12.8. The van der Waals surface area contributed by atoms with Crippen molar-refractivity contribution in [1.29, 1.82) is 0 Å². The zero-order chi connectivity index (χ0) is 16.5. The van der Waals surface area contributed by atoms with Gasteiger partial charge in [-0.3, -0.25) is 9.69 Å². The zero-order valence-corrected chi connectivity index (χ0v) is 15.1. The number of piperazine rings is 1. The minimum atomic E-state index is 0.267. The number of fused-ring (bicyclic) bond motifs is 1. The van der Waals surface area contributed by atoms with Crippen molar-refractivity contribution in [2.45, 2.75) is 25.8 Å². The van der Waals surface area contributed by atoms with Gasteiger partial charge in [-0.25, -0.2) is 0 Å². The van der Waals surface area contributed by atoms with Crippen LogP contribution in [0.5, 0.6) is 0 Å². The van der Waals surface area contributed by atoms with E-state index < -0.39 is 0 Å². The average Bonchev–Trinajstić information content (AvgIpc) is 3.24. The molecule has 24 heavy (non-hydrogen) atoms. The second kappa shape index (κ2) is 6.81. The number of para-hydroxylation sites is 1. The van der Waals surface area contributed by atoms with E-state index in [0.717, 1.165) is 49.0 Å². The van der Waals surface area contributed by atoms with Gasteiger partial charge in [-0.2, -0.15) is 11.8 Å². The van der Waals surface area contributed by atoms with Gasteiger partial charge in [-0.15, -0.1) is 0 Å². The Labute approximate surface area is 147 Å². The van der Waals surface area contributed by atoms with Gasteiger partial charge in [0.25, 0.3) is 0 Å². The molecule has 1 aromatic heterocycles. The molecule has 0 unspecified atom stereocenters. The number of thioether (sulfide) groups is 1. The fraction of sp³-hybridized carbons (Fsp3) is 0.526. The van der Waals surface area contributed by atoms with Crippen LogP contribution in [0.2, 0.25) is 0 Å². The van der Waals surface area contributed by atoms with Gasteiger partial charge in [0.1, 0.15) is 0 Å². The molecular formula is C19H25N3OS. The van der Waals surface area contributed by atoms with Gasteiger partial charge in [0, 0.05) is 54.6 Å². The summed E-state index contributed by atoms with van der Waals surface area (Å²) in [4.78, 5) is 20.8. The lowest BCUT2D eigenvalue weighted by molar-refractivity contribution is -0.132. The minimum absolute atomic E-state index is 0.267. The van der Waals surface area contributed by atoms with Crippen molar-refractivity contribution in [3.05, 3.63) is 35.5 Å². The number of benzene rings is 1. The highest BCUT2D eigenvalue weighted by molar-refractivity contribution is 7.99. The van der Waals surface area contributed by atoms with Crippen LogP contribution in [0.4, 0.5) is 0 Å². The topological polar surface area (TPSA) is 39.3 Å². The molecule has 1 atom stereocenters. The van der Waals surface area contributed by atoms with Crippen molar-refractivity contribution in [3.8, 4) is 0 Å². The van der Waals surface area contributed by atoms with E-state index >= 15 is 0 Å². The summed E-state index contributed by atoms with van der Waals surface area (Å²) in [5.74, 6) is 2.83. The molecule has 4 rings (SSSR count). The van der Waals surface area contributed by atoms with E-state index in [0.29, 0.717) is 6.42 Å². The molecule has 0 radical (unpaired) electrons. The number of nitrogens with zero attached hydrogens (tertiary/aromatic N) is 2. The van der Waals surface area contributed by atoms with E-state index in [1.165, 1.54) is 23.3 Å². The molecule has 1 amide bonds. The first-order chi connectivity index (χ1) is 11.7. The monoisotopic (exact) mass is 343 g/mol. The predicted molar refractivity (Wildman–Crippen MR) is 101 cm³/mol. The molecule has 1 N–H and O–H groups in total. The Bertz CT molecular complexity index is 727. The second-order valence-corrected chi connectivity index (χ2v) is 8.03. The van der Waals surface area contributed by atoms with Crippen molar-refractivity contribution < 1.29 is 4.79 Å². The Morgan fingerprint density at radius 2 is 2.04 bits per heavy atom. The Hall–Kier alpha value is -1.46. The number of amides is 1. The van der Waals surface area contributed by atoms with Crippen LogP contribution in [0, 0.1) is 6.92 Å². The van der Waals surface area contributed by atoms with Gasteiger partial charge in [0.15, 0.2) is 0 Å². The Kier molecular flexibility index (Phi) is 4.55. The summed E-state index contributed by atoms with van der Waals surface area (Å²) in [6.45, 7) is 5.88. The van der Waals surface area contributed by atoms with E-state index in [2.05, 4.69) is 45.6 Å². The first-order valence-electron chi connectivity index (χ1n) is 8.88. The van der Waals surface area contributed by atoms with E-state index in [1.54, 1.807) is 0 Å². The van der Waals surface area contributed by atoms with Crippen LogP contribution in [0.15, 0.2) is 24.3 Å².